The van der Waals surface area contributed by atoms with Gasteiger partial charge < -0.3 is 15.0 Å². The monoisotopic (exact) mass is 446 g/mol. The van der Waals surface area contributed by atoms with Gasteiger partial charge in [-0.25, -0.2) is 0 Å². The predicted octanol–water partition coefficient (Wildman–Crippen LogP) is 4.10. The highest BCUT2D eigenvalue weighted by atomic mass is 79.9. The Kier molecular flexibility index (Phi) is 7.86. The van der Waals surface area contributed by atoms with Gasteiger partial charge in [-0.05, 0) is 53.9 Å². The largest absolute Gasteiger partial charge is 0.492 e. The van der Waals surface area contributed by atoms with Crippen LogP contribution in [0, 0.1) is 0 Å². The Labute approximate surface area is 155 Å². The van der Waals surface area contributed by atoms with E-state index in [1.54, 1.807) is 0 Å². The minimum atomic E-state index is 0.302. The van der Waals surface area contributed by atoms with Crippen LogP contribution in [0.15, 0.2) is 21.1 Å². The van der Waals surface area contributed by atoms with Crippen molar-refractivity contribution in [3.8, 4) is 5.75 Å². The second kappa shape index (κ2) is 9.64. The number of nitrogens with one attached hydrogen (secondary N) is 1. The third-order valence-corrected chi connectivity index (χ3v) is 4.85. The first-order valence-corrected chi connectivity index (χ1v) is 9.79. The lowest BCUT2D eigenvalue weighted by molar-refractivity contribution is -0.127. The maximum absolute atomic E-state index is 11.6. The van der Waals surface area contributed by atoms with E-state index in [-0.39, 0.29) is 0 Å². The Balaban J connectivity index is 1.81. The smallest absolute Gasteiger partial charge is 0.222 e. The summed E-state index contributed by atoms with van der Waals surface area (Å²) in [4.78, 5) is 13.5. The number of hydrogen-bond acceptors (Lipinski definition) is 3. The summed E-state index contributed by atoms with van der Waals surface area (Å²) in [6.45, 7) is 6.24. The molecule has 0 atom stereocenters. The normalized spacial score (nSPS) is 14.6. The van der Waals surface area contributed by atoms with E-state index in [9.17, 15) is 4.79 Å². The predicted molar refractivity (Wildman–Crippen MR) is 99.8 cm³/mol. The molecule has 1 aromatic carbocycles. The van der Waals surface area contributed by atoms with Crippen molar-refractivity contribution in [2.45, 2.75) is 39.2 Å². The van der Waals surface area contributed by atoms with E-state index in [0.29, 0.717) is 12.5 Å². The fraction of sp³-hybridized carbons (Fsp3) is 0.588. The van der Waals surface area contributed by atoms with Gasteiger partial charge in [0.15, 0.2) is 0 Å². The van der Waals surface area contributed by atoms with Gasteiger partial charge in [-0.15, -0.1) is 0 Å². The molecule has 0 unspecified atom stereocenters. The highest BCUT2D eigenvalue weighted by Crippen LogP contribution is 2.33. The van der Waals surface area contributed by atoms with Crippen molar-refractivity contribution in [1.29, 1.82) is 0 Å². The summed E-state index contributed by atoms with van der Waals surface area (Å²) >= 11 is 7.11. The number of benzene rings is 1. The summed E-state index contributed by atoms with van der Waals surface area (Å²) in [5, 5.41) is 3.45. The van der Waals surface area contributed by atoms with Crippen LogP contribution in [0.2, 0.25) is 0 Å². The molecular weight excluding hydrogens is 424 g/mol. The van der Waals surface area contributed by atoms with E-state index < -0.39 is 0 Å². The molecular formula is C17H24Br2N2O2. The molecule has 1 heterocycles. The summed E-state index contributed by atoms with van der Waals surface area (Å²) in [6.07, 6.45) is 3.69. The summed E-state index contributed by atoms with van der Waals surface area (Å²) < 4.78 is 7.87. The Bertz CT molecular complexity index is 538. The highest BCUT2D eigenvalue weighted by molar-refractivity contribution is 9.11. The van der Waals surface area contributed by atoms with Crippen LogP contribution in [0.25, 0.3) is 0 Å². The minimum absolute atomic E-state index is 0.302. The van der Waals surface area contributed by atoms with Gasteiger partial charge in [0.1, 0.15) is 5.75 Å². The molecule has 0 spiro atoms. The van der Waals surface area contributed by atoms with Crippen molar-refractivity contribution in [3.63, 3.8) is 0 Å². The molecule has 1 N–H and O–H groups in total. The molecule has 1 aliphatic heterocycles. The quantitative estimate of drug-likeness (QED) is 0.579. The fourth-order valence-corrected chi connectivity index (χ4v) is 4.10. The molecule has 0 aromatic heterocycles. The lowest BCUT2D eigenvalue weighted by Crippen LogP contribution is -2.28. The molecule has 4 nitrogen and oxygen atoms in total. The third-order valence-electron chi connectivity index (χ3n) is 3.80. The molecule has 23 heavy (non-hydrogen) atoms. The first-order valence-electron chi connectivity index (χ1n) is 8.21. The van der Waals surface area contributed by atoms with Gasteiger partial charge in [-0.3, -0.25) is 4.79 Å². The van der Waals surface area contributed by atoms with E-state index in [2.05, 4.69) is 50.2 Å². The van der Waals surface area contributed by atoms with Crippen LogP contribution in [0.3, 0.4) is 0 Å². The van der Waals surface area contributed by atoms with Crippen molar-refractivity contribution >= 4 is 37.8 Å². The molecule has 1 aromatic rings. The zero-order valence-electron chi connectivity index (χ0n) is 13.5. The van der Waals surface area contributed by atoms with Gasteiger partial charge in [-0.1, -0.05) is 22.9 Å². The number of halogens is 2. The Hall–Kier alpha value is -0.590. The first kappa shape index (κ1) is 18.7. The number of carbonyl (C=O) groups is 1. The van der Waals surface area contributed by atoms with E-state index in [0.717, 1.165) is 72.1 Å². The van der Waals surface area contributed by atoms with Crippen LogP contribution in [-0.4, -0.2) is 37.0 Å². The maximum atomic E-state index is 11.6. The molecule has 0 radical (unpaired) electrons. The Morgan fingerprint density at radius 2 is 2.17 bits per heavy atom. The standard InChI is InChI=1S/C17H24Br2N2O2/c1-2-9-23-17-13(10-14(18)11-15(17)19)12-20-6-4-8-21-7-3-5-16(21)22/h10-11,20H,2-9,12H2,1H3. The number of carbonyl (C=O) groups excluding carboxylic acids is 1. The second-order valence-electron chi connectivity index (χ2n) is 5.74. The van der Waals surface area contributed by atoms with Crippen molar-refractivity contribution in [1.82, 2.24) is 10.2 Å². The van der Waals surface area contributed by atoms with Gasteiger partial charge in [0.05, 0.1) is 11.1 Å². The van der Waals surface area contributed by atoms with Crippen LogP contribution in [0.1, 0.15) is 38.2 Å². The highest BCUT2D eigenvalue weighted by Gasteiger charge is 2.18. The fourth-order valence-electron chi connectivity index (χ4n) is 2.67. The van der Waals surface area contributed by atoms with E-state index in [4.69, 9.17) is 4.74 Å². The summed E-state index contributed by atoms with van der Waals surface area (Å²) in [5.74, 6) is 1.22. The maximum Gasteiger partial charge on any atom is 0.222 e. The molecule has 1 saturated heterocycles. The average Bonchev–Trinajstić information content (AvgIpc) is 2.91. The first-order chi connectivity index (χ1) is 11.1. The third kappa shape index (κ3) is 5.76. The van der Waals surface area contributed by atoms with Crippen LogP contribution in [-0.2, 0) is 11.3 Å². The van der Waals surface area contributed by atoms with Crippen LogP contribution in [0.5, 0.6) is 5.75 Å². The summed E-state index contributed by atoms with van der Waals surface area (Å²) in [7, 11) is 0. The lowest BCUT2D eigenvalue weighted by Gasteiger charge is -2.16. The van der Waals surface area contributed by atoms with Gasteiger partial charge in [0.2, 0.25) is 5.91 Å². The van der Waals surface area contributed by atoms with Crippen molar-refractivity contribution in [2.75, 3.05) is 26.2 Å². The second-order valence-corrected chi connectivity index (χ2v) is 7.51. The summed E-state index contributed by atoms with van der Waals surface area (Å²) in [6, 6.07) is 4.10. The minimum Gasteiger partial charge on any atom is -0.492 e. The molecule has 0 aliphatic carbocycles. The molecule has 6 heteroatoms. The van der Waals surface area contributed by atoms with Crippen LogP contribution < -0.4 is 10.1 Å². The Morgan fingerprint density at radius 1 is 1.35 bits per heavy atom. The number of likely N-dealkylation sites (tertiary alicyclic amines) is 1. The number of hydrogen-bond donors (Lipinski definition) is 1. The zero-order valence-corrected chi connectivity index (χ0v) is 16.7. The van der Waals surface area contributed by atoms with Crippen LogP contribution >= 0.6 is 31.9 Å². The topological polar surface area (TPSA) is 41.6 Å². The number of amides is 1. The van der Waals surface area contributed by atoms with Gasteiger partial charge in [0.25, 0.3) is 0 Å². The van der Waals surface area contributed by atoms with Crippen molar-refractivity contribution in [3.05, 3.63) is 26.6 Å². The molecule has 0 saturated carbocycles. The number of nitrogens with zero attached hydrogens (tertiary/aromatic N) is 1. The van der Waals surface area contributed by atoms with E-state index in [1.165, 1.54) is 0 Å². The lowest BCUT2D eigenvalue weighted by atomic mass is 10.2. The van der Waals surface area contributed by atoms with Crippen LogP contribution in [0.4, 0.5) is 0 Å². The SMILES string of the molecule is CCCOc1c(Br)cc(Br)cc1CNCCCN1CCCC1=O. The number of rotatable bonds is 9. The number of ether oxygens (including phenoxy) is 1. The average molecular weight is 448 g/mol. The van der Waals surface area contributed by atoms with Gasteiger partial charge in [-0.2, -0.15) is 0 Å². The molecule has 1 fully saturated rings. The zero-order chi connectivity index (χ0) is 16.7. The van der Waals surface area contributed by atoms with Crippen molar-refractivity contribution < 1.29 is 9.53 Å². The van der Waals surface area contributed by atoms with E-state index in [1.807, 2.05) is 11.0 Å². The molecule has 1 aliphatic rings. The molecule has 128 valence electrons. The van der Waals surface area contributed by atoms with E-state index >= 15 is 0 Å². The van der Waals surface area contributed by atoms with Crippen molar-refractivity contribution in [2.24, 2.45) is 0 Å². The Morgan fingerprint density at radius 3 is 2.87 bits per heavy atom. The molecule has 0 bridgehead atoms. The van der Waals surface area contributed by atoms with Gasteiger partial charge >= 0.3 is 0 Å². The summed E-state index contributed by atoms with van der Waals surface area (Å²) in [5.41, 5.74) is 1.14. The van der Waals surface area contributed by atoms with Gasteiger partial charge in [0, 0.05) is 36.1 Å². The molecule has 1 amide bonds. The molecule has 2 rings (SSSR count).